The predicted octanol–water partition coefficient (Wildman–Crippen LogP) is 5.73. The molecule has 1 aromatic heterocycles. The summed E-state index contributed by atoms with van der Waals surface area (Å²) in [5.74, 6) is -0.950. The number of carbonyl (C=O) groups excluding carboxylic acids is 1. The minimum atomic E-state index is -0.973. The van der Waals surface area contributed by atoms with E-state index < -0.39 is 12.1 Å². The Kier molecular flexibility index (Phi) is 7.04. The number of carboxylic acids is 1. The fourth-order valence-corrected chi connectivity index (χ4v) is 3.81. The molecule has 0 aliphatic carbocycles. The molecule has 0 spiro atoms. The van der Waals surface area contributed by atoms with E-state index in [1.807, 2.05) is 79.9 Å². The predicted molar refractivity (Wildman–Crippen MR) is 134 cm³/mol. The van der Waals surface area contributed by atoms with Crippen LogP contribution in [0.3, 0.4) is 0 Å². The molecule has 0 saturated carbocycles. The van der Waals surface area contributed by atoms with E-state index in [0.29, 0.717) is 17.7 Å². The second kappa shape index (κ2) is 10.3. The smallest absolute Gasteiger partial charge is 0.332 e. The lowest BCUT2D eigenvalue weighted by Gasteiger charge is -2.06. The highest BCUT2D eigenvalue weighted by atomic mass is 16.5. The fraction of sp³-hybridized carbons (Fsp3) is 0.172. The highest BCUT2D eigenvalue weighted by Crippen LogP contribution is 2.25. The maximum absolute atomic E-state index is 13.2. The van der Waals surface area contributed by atoms with Crippen molar-refractivity contribution in [3.63, 3.8) is 0 Å². The van der Waals surface area contributed by atoms with Crippen LogP contribution in [0.15, 0.2) is 85.1 Å². The summed E-state index contributed by atoms with van der Waals surface area (Å²) in [6.45, 7) is 4.40. The maximum atomic E-state index is 13.2. The van der Waals surface area contributed by atoms with Crippen LogP contribution in [0.25, 0.3) is 17.0 Å². The normalized spacial score (nSPS) is 12.3. The van der Waals surface area contributed by atoms with Gasteiger partial charge < -0.3 is 14.4 Å². The Morgan fingerprint density at radius 1 is 1.00 bits per heavy atom. The first-order valence-electron chi connectivity index (χ1n) is 11.2. The van der Waals surface area contributed by atoms with Gasteiger partial charge in [0.2, 0.25) is 0 Å². The number of para-hydroxylation sites is 1. The van der Waals surface area contributed by atoms with E-state index in [4.69, 9.17) is 9.84 Å². The third kappa shape index (κ3) is 5.33. The third-order valence-corrected chi connectivity index (χ3v) is 5.78. The molecular weight excluding hydrogens is 426 g/mol. The average Bonchev–Trinajstić information content (AvgIpc) is 3.21. The number of ether oxygens (including phenoxy) is 1. The van der Waals surface area contributed by atoms with Gasteiger partial charge in [-0.25, -0.2) is 4.79 Å². The van der Waals surface area contributed by atoms with Crippen molar-refractivity contribution < 1.29 is 19.4 Å². The van der Waals surface area contributed by atoms with E-state index in [1.54, 1.807) is 6.08 Å². The van der Waals surface area contributed by atoms with Gasteiger partial charge in [-0.05, 0) is 31.0 Å². The van der Waals surface area contributed by atoms with E-state index in [1.165, 1.54) is 6.92 Å². The number of nitrogens with zero attached hydrogens (tertiary/aromatic N) is 1. The van der Waals surface area contributed by atoms with Gasteiger partial charge in [0.1, 0.15) is 0 Å². The van der Waals surface area contributed by atoms with E-state index in [0.717, 1.165) is 27.6 Å². The van der Waals surface area contributed by atoms with Gasteiger partial charge >= 0.3 is 5.97 Å². The van der Waals surface area contributed by atoms with Crippen molar-refractivity contribution in [3.8, 4) is 0 Å². The molecule has 1 atom stereocenters. The number of aromatic nitrogens is 1. The molecule has 0 aliphatic heterocycles. The lowest BCUT2D eigenvalue weighted by molar-refractivity contribution is -0.148. The first-order valence-corrected chi connectivity index (χ1v) is 11.2. The topological polar surface area (TPSA) is 68.5 Å². The molecule has 4 aromatic rings. The van der Waals surface area contributed by atoms with Crippen LogP contribution in [0.1, 0.15) is 39.5 Å². The van der Waals surface area contributed by atoms with Crippen LogP contribution in [-0.4, -0.2) is 34.1 Å². The number of aliphatic carboxylic acids is 1. The zero-order valence-electron chi connectivity index (χ0n) is 19.3. The van der Waals surface area contributed by atoms with Crippen LogP contribution in [0.5, 0.6) is 0 Å². The SMILES string of the molecule is Cc1ccc(C(=O)c2cn(Cc3ccc(/C=C/CO[C@H](C)C(=O)O)cc3)c3ccccc23)cc1. The first-order chi connectivity index (χ1) is 16.4. The van der Waals surface area contributed by atoms with Crippen LogP contribution in [-0.2, 0) is 16.1 Å². The van der Waals surface area contributed by atoms with E-state index in [-0.39, 0.29) is 12.4 Å². The Morgan fingerprint density at radius 2 is 1.71 bits per heavy atom. The molecule has 34 heavy (non-hydrogen) atoms. The van der Waals surface area contributed by atoms with E-state index >= 15 is 0 Å². The van der Waals surface area contributed by atoms with Crippen molar-refractivity contribution in [1.29, 1.82) is 0 Å². The molecule has 0 radical (unpaired) electrons. The van der Waals surface area contributed by atoms with Gasteiger partial charge in [-0.1, -0.05) is 84.4 Å². The Bertz CT molecular complexity index is 1330. The summed E-state index contributed by atoms with van der Waals surface area (Å²) in [6, 6.07) is 23.8. The van der Waals surface area contributed by atoms with Crippen molar-refractivity contribution in [2.45, 2.75) is 26.5 Å². The molecule has 3 aromatic carbocycles. The van der Waals surface area contributed by atoms with Gasteiger partial charge in [0.05, 0.1) is 6.61 Å². The van der Waals surface area contributed by atoms with Gasteiger partial charge in [-0.15, -0.1) is 0 Å². The van der Waals surface area contributed by atoms with Gasteiger partial charge in [-0.3, -0.25) is 4.79 Å². The molecule has 0 saturated heterocycles. The summed E-state index contributed by atoms with van der Waals surface area (Å²) in [6.07, 6.45) is 4.83. The number of hydrogen-bond acceptors (Lipinski definition) is 3. The number of aryl methyl sites for hydroxylation is 1. The second-order valence-electron chi connectivity index (χ2n) is 8.34. The van der Waals surface area contributed by atoms with E-state index in [2.05, 4.69) is 16.7 Å². The average molecular weight is 454 g/mol. The van der Waals surface area contributed by atoms with Crippen LogP contribution >= 0.6 is 0 Å². The molecule has 5 heteroatoms. The zero-order chi connectivity index (χ0) is 24.1. The molecule has 0 aliphatic rings. The monoisotopic (exact) mass is 453 g/mol. The van der Waals surface area contributed by atoms with Crippen molar-refractivity contribution >= 4 is 28.7 Å². The quantitative estimate of drug-likeness (QED) is 0.329. The molecule has 1 N–H and O–H groups in total. The van der Waals surface area contributed by atoms with Crippen molar-refractivity contribution in [3.05, 3.63) is 113 Å². The van der Waals surface area contributed by atoms with Gasteiger partial charge in [0.25, 0.3) is 0 Å². The molecule has 0 bridgehead atoms. The Hall–Kier alpha value is -3.96. The highest BCUT2D eigenvalue weighted by molar-refractivity contribution is 6.16. The van der Waals surface area contributed by atoms with Crippen LogP contribution < -0.4 is 0 Å². The number of carboxylic acid groups (broad SMARTS) is 1. The summed E-state index contributed by atoms with van der Waals surface area (Å²) in [7, 11) is 0. The number of rotatable bonds is 9. The Labute approximate surface area is 198 Å². The number of carbonyl (C=O) groups is 2. The lowest BCUT2D eigenvalue weighted by atomic mass is 10.0. The molecule has 1 heterocycles. The van der Waals surface area contributed by atoms with Gasteiger partial charge in [0.15, 0.2) is 11.9 Å². The van der Waals surface area contributed by atoms with Gasteiger partial charge in [-0.2, -0.15) is 0 Å². The number of benzene rings is 3. The van der Waals surface area contributed by atoms with Crippen LogP contribution in [0.2, 0.25) is 0 Å². The summed E-state index contributed by atoms with van der Waals surface area (Å²) < 4.78 is 7.32. The van der Waals surface area contributed by atoms with Gasteiger partial charge in [0, 0.05) is 34.8 Å². The summed E-state index contributed by atoms with van der Waals surface area (Å²) in [5, 5.41) is 9.79. The molecule has 0 unspecified atom stereocenters. The van der Waals surface area contributed by atoms with Crippen LogP contribution in [0.4, 0.5) is 0 Å². The molecule has 0 fully saturated rings. The minimum Gasteiger partial charge on any atom is -0.479 e. The summed E-state index contributed by atoms with van der Waals surface area (Å²) in [5.41, 5.74) is 5.65. The number of hydrogen-bond donors (Lipinski definition) is 1. The zero-order valence-corrected chi connectivity index (χ0v) is 19.3. The number of fused-ring (bicyclic) bond motifs is 1. The molecular formula is C29H27NO4. The summed E-state index contributed by atoms with van der Waals surface area (Å²) in [4.78, 5) is 24.0. The van der Waals surface area contributed by atoms with Crippen molar-refractivity contribution in [1.82, 2.24) is 4.57 Å². The molecule has 4 rings (SSSR count). The third-order valence-electron chi connectivity index (χ3n) is 5.78. The van der Waals surface area contributed by atoms with Crippen molar-refractivity contribution in [2.75, 3.05) is 6.61 Å². The van der Waals surface area contributed by atoms with E-state index in [9.17, 15) is 9.59 Å². The first kappa shape index (κ1) is 23.2. The Balaban J connectivity index is 1.51. The molecule has 172 valence electrons. The van der Waals surface area contributed by atoms with Crippen LogP contribution in [0, 0.1) is 6.92 Å². The molecule has 5 nitrogen and oxygen atoms in total. The van der Waals surface area contributed by atoms with Crippen molar-refractivity contribution in [2.24, 2.45) is 0 Å². The summed E-state index contributed by atoms with van der Waals surface area (Å²) >= 11 is 0. The Morgan fingerprint density at radius 3 is 2.41 bits per heavy atom. The standard InChI is InChI=1S/C29H27NO4/c1-20-9-15-24(16-10-20)28(31)26-19-30(27-8-4-3-7-25(26)27)18-23-13-11-22(12-14-23)6-5-17-34-21(2)29(32)33/h3-16,19,21H,17-18H2,1-2H3,(H,32,33)/b6-5+/t21-/m1/s1. The highest BCUT2D eigenvalue weighted by Gasteiger charge is 2.16. The largest absolute Gasteiger partial charge is 0.479 e. The maximum Gasteiger partial charge on any atom is 0.332 e. The second-order valence-corrected chi connectivity index (χ2v) is 8.34. The minimum absolute atomic E-state index is 0.0230. The molecule has 0 amide bonds. The lowest BCUT2D eigenvalue weighted by Crippen LogP contribution is -2.19. The fourth-order valence-electron chi connectivity index (χ4n) is 3.81. The number of ketones is 1.